The van der Waals surface area contributed by atoms with Crippen LogP contribution in [0.1, 0.15) is 23.2 Å². The number of anilines is 1. The second-order valence-electron chi connectivity index (χ2n) is 6.53. The van der Waals surface area contributed by atoms with Crippen molar-refractivity contribution in [2.45, 2.75) is 18.9 Å². The van der Waals surface area contributed by atoms with Crippen molar-refractivity contribution in [1.29, 1.82) is 0 Å². The van der Waals surface area contributed by atoms with Crippen molar-refractivity contribution >= 4 is 51.0 Å². The van der Waals surface area contributed by atoms with Crippen LogP contribution in [0.4, 0.5) is 5.69 Å². The van der Waals surface area contributed by atoms with Crippen LogP contribution in [0.15, 0.2) is 53.0 Å². The first-order valence-electron chi connectivity index (χ1n) is 9.09. The van der Waals surface area contributed by atoms with E-state index in [4.69, 9.17) is 4.74 Å². The zero-order valence-corrected chi connectivity index (χ0v) is 18.3. The highest BCUT2D eigenvalue weighted by molar-refractivity contribution is 9.10. The number of hydrogen-bond acceptors (Lipinski definition) is 5. The minimum absolute atomic E-state index is 0.0851. The van der Waals surface area contributed by atoms with Crippen LogP contribution in [0.5, 0.6) is 5.75 Å². The number of thioether (sulfide) groups is 1. The Morgan fingerprint density at radius 3 is 2.45 bits per heavy atom. The molecule has 0 aliphatic carbocycles. The van der Waals surface area contributed by atoms with Gasteiger partial charge in [0, 0.05) is 34.3 Å². The van der Waals surface area contributed by atoms with Gasteiger partial charge < -0.3 is 15.0 Å². The molecule has 0 bridgehead atoms. The quantitative estimate of drug-likeness (QED) is 0.612. The Balaban J connectivity index is 1.55. The molecular formula is C21H21BrN2O4S. The van der Waals surface area contributed by atoms with Gasteiger partial charge in [0.2, 0.25) is 11.8 Å². The van der Waals surface area contributed by atoms with Gasteiger partial charge in [0.1, 0.15) is 11.8 Å². The molecule has 2 aromatic carbocycles. The van der Waals surface area contributed by atoms with Gasteiger partial charge in [-0.25, -0.2) is 0 Å². The number of benzene rings is 2. The summed E-state index contributed by atoms with van der Waals surface area (Å²) in [4.78, 5) is 39.2. The molecule has 1 aliphatic heterocycles. The molecule has 1 atom stereocenters. The number of amides is 2. The van der Waals surface area contributed by atoms with Crippen LogP contribution in [0.25, 0.3) is 0 Å². The third-order valence-electron chi connectivity index (χ3n) is 4.59. The molecule has 2 aromatic rings. The Kier molecular flexibility index (Phi) is 7.33. The summed E-state index contributed by atoms with van der Waals surface area (Å²) in [5, 5.41) is 2.84. The summed E-state index contributed by atoms with van der Waals surface area (Å²) in [5.74, 6) is 1.19. The standard InChI is InChI=1S/C21H21BrN2O4S/c1-28-17-8-6-16(7-9-17)23-21(27)18-12-29-13-24(18)20(26)11-10-19(25)14-2-4-15(22)5-3-14/h2-9,18H,10-13H2,1H3,(H,23,27). The number of nitrogens with one attached hydrogen (secondary N) is 1. The molecule has 1 N–H and O–H groups in total. The maximum atomic E-state index is 12.7. The molecule has 2 amide bonds. The number of carbonyl (C=O) groups excluding carboxylic acids is 3. The molecule has 0 aromatic heterocycles. The van der Waals surface area contributed by atoms with Crippen LogP contribution in [0, 0.1) is 0 Å². The van der Waals surface area contributed by atoms with Crippen molar-refractivity contribution in [3.8, 4) is 5.75 Å². The predicted octanol–water partition coefficient (Wildman–Crippen LogP) is 3.96. The molecule has 0 radical (unpaired) electrons. The number of nitrogens with zero attached hydrogens (tertiary/aromatic N) is 1. The van der Waals surface area contributed by atoms with Crippen LogP contribution in [0.2, 0.25) is 0 Å². The number of rotatable bonds is 7. The number of ether oxygens (including phenoxy) is 1. The van der Waals surface area contributed by atoms with Crippen molar-refractivity contribution in [3.05, 3.63) is 58.6 Å². The van der Waals surface area contributed by atoms with Gasteiger partial charge in [-0.3, -0.25) is 14.4 Å². The van der Waals surface area contributed by atoms with Crippen LogP contribution in [0.3, 0.4) is 0 Å². The largest absolute Gasteiger partial charge is 0.497 e. The minimum atomic E-state index is -0.544. The summed E-state index contributed by atoms with van der Waals surface area (Å²) >= 11 is 4.86. The van der Waals surface area contributed by atoms with Gasteiger partial charge in [-0.2, -0.15) is 0 Å². The summed E-state index contributed by atoms with van der Waals surface area (Å²) in [6.45, 7) is 0. The number of ketones is 1. The van der Waals surface area contributed by atoms with E-state index >= 15 is 0 Å². The highest BCUT2D eigenvalue weighted by Crippen LogP contribution is 2.24. The van der Waals surface area contributed by atoms with E-state index in [1.807, 2.05) is 0 Å². The van der Waals surface area contributed by atoms with Gasteiger partial charge in [0.05, 0.1) is 13.0 Å². The van der Waals surface area contributed by atoms with E-state index in [-0.39, 0.29) is 30.4 Å². The van der Waals surface area contributed by atoms with E-state index in [9.17, 15) is 14.4 Å². The van der Waals surface area contributed by atoms with Crippen molar-refractivity contribution < 1.29 is 19.1 Å². The van der Waals surface area contributed by atoms with Crippen LogP contribution >= 0.6 is 27.7 Å². The van der Waals surface area contributed by atoms with Crippen molar-refractivity contribution in [2.75, 3.05) is 24.1 Å². The van der Waals surface area contributed by atoms with Crippen molar-refractivity contribution in [2.24, 2.45) is 0 Å². The van der Waals surface area contributed by atoms with Crippen LogP contribution in [-0.4, -0.2) is 47.3 Å². The van der Waals surface area contributed by atoms with Crippen LogP contribution in [-0.2, 0) is 9.59 Å². The maximum absolute atomic E-state index is 12.7. The Morgan fingerprint density at radius 1 is 1.10 bits per heavy atom. The zero-order chi connectivity index (χ0) is 20.8. The Labute approximate surface area is 182 Å². The number of carbonyl (C=O) groups is 3. The van der Waals surface area contributed by atoms with Crippen LogP contribution < -0.4 is 10.1 Å². The van der Waals surface area contributed by atoms with E-state index in [2.05, 4.69) is 21.2 Å². The topological polar surface area (TPSA) is 75.7 Å². The van der Waals surface area contributed by atoms with E-state index in [0.717, 1.165) is 4.47 Å². The number of Topliss-reactive ketones (excluding diaryl/α,β-unsaturated/α-hetero) is 1. The molecule has 3 rings (SSSR count). The second-order valence-corrected chi connectivity index (χ2v) is 8.44. The summed E-state index contributed by atoms with van der Waals surface area (Å²) < 4.78 is 6.00. The highest BCUT2D eigenvalue weighted by Gasteiger charge is 2.34. The molecule has 8 heteroatoms. The average molecular weight is 477 g/mol. The first-order valence-corrected chi connectivity index (χ1v) is 11.0. The van der Waals surface area contributed by atoms with Gasteiger partial charge in [-0.15, -0.1) is 11.8 Å². The third kappa shape index (κ3) is 5.61. The van der Waals surface area contributed by atoms with Crippen molar-refractivity contribution in [1.82, 2.24) is 4.90 Å². The zero-order valence-electron chi connectivity index (χ0n) is 15.9. The third-order valence-corrected chi connectivity index (χ3v) is 6.14. The lowest BCUT2D eigenvalue weighted by Crippen LogP contribution is -2.44. The monoisotopic (exact) mass is 476 g/mol. The molecule has 1 aliphatic rings. The minimum Gasteiger partial charge on any atom is -0.497 e. The first kappa shape index (κ1) is 21.4. The molecule has 1 saturated heterocycles. The van der Waals surface area contributed by atoms with Gasteiger partial charge >= 0.3 is 0 Å². The molecule has 0 saturated carbocycles. The van der Waals surface area contributed by atoms with E-state index in [0.29, 0.717) is 28.6 Å². The predicted molar refractivity (Wildman–Crippen MR) is 117 cm³/mol. The fourth-order valence-electron chi connectivity index (χ4n) is 2.95. The molecule has 152 valence electrons. The fraction of sp³-hybridized carbons (Fsp3) is 0.286. The Bertz CT molecular complexity index is 887. The lowest BCUT2D eigenvalue weighted by atomic mass is 10.1. The molecule has 29 heavy (non-hydrogen) atoms. The van der Waals surface area contributed by atoms with Gasteiger partial charge in [-0.05, 0) is 36.4 Å². The fourth-order valence-corrected chi connectivity index (χ4v) is 4.39. The first-order chi connectivity index (χ1) is 14.0. The number of hydrogen-bond donors (Lipinski definition) is 1. The van der Waals surface area contributed by atoms with Gasteiger partial charge in [-0.1, -0.05) is 28.1 Å². The molecule has 0 spiro atoms. The van der Waals surface area contributed by atoms with E-state index < -0.39 is 6.04 Å². The van der Waals surface area contributed by atoms with E-state index in [1.54, 1.807) is 60.5 Å². The molecular weight excluding hydrogens is 456 g/mol. The Hall–Kier alpha value is -2.32. The molecule has 1 unspecified atom stereocenters. The van der Waals surface area contributed by atoms with Gasteiger partial charge in [0.25, 0.3) is 0 Å². The lowest BCUT2D eigenvalue weighted by Gasteiger charge is -2.23. The van der Waals surface area contributed by atoms with Crippen molar-refractivity contribution in [3.63, 3.8) is 0 Å². The highest BCUT2D eigenvalue weighted by atomic mass is 79.9. The second kappa shape index (κ2) is 9.93. The smallest absolute Gasteiger partial charge is 0.248 e. The summed E-state index contributed by atoms with van der Waals surface area (Å²) in [6.07, 6.45) is 0.205. The summed E-state index contributed by atoms with van der Waals surface area (Å²) in [7, 11) is 1.58. The SMILES string of the molecule is COc1ccc(NC(=O)C2CSCN2C(=O)CCC(=O)c2ccc(Br)cc2)cc1. The van der Waals surface area contributed by atoms with Gasteiger partial charge in [0.15, 0.2) is 5.78 Å². The maximum Gasteiger partial charge on any atom is 0.248 e. The molecule has 6 nitrogen and oxygen atoms in total. The number of methoxy groups -OCH3 is 1. The molecule has 1 fully saturated rings. The normalized spacial score (nSPS) is 15.8. The summed E-state index contributed by atoms with van der Waals surface area (Å²) in [5.41, 5.74) is 1.22. The Morgan fingerprint density at radius 2 is 1.79 bits per heavy atom. The molecule has 1 heterocycles. The lowest BCUT2D eigenvalue weighted by molar-refractivity contribution is -0.136. The number of halogens is 1. The summed E-state index contributed by atoms with van der Waals surface area (Å²) in [6, 6.07) is 13.5. The van der Waals surface area contributed by atoms with E-state index in [1.165, 1.54) is 11.8 Å². The average Bonchev–Trinajstić information content (AvgIpc) is 3.23.